The molecule has 0 spiro atoms. The van der Waals surface area contributed by atoms with E-state index >= 15 is 0 Å². The summed E-state index contributed by atoms with van der Waals surface area (Å²) in [5.41, 5.74) is 0.987. The maximum Gasteiger partial charge on any atom is 0.414 e. The summed E-state index contributed by atoms with van der Waals surface area (Å²) in [6.07, 6.45) is -4.94. The molecule has 0 saturated heterocycles. The minimum atomic E-state index is -1.82. The fourth-order valence-corrected chi connectivity index (χ4v) is 1.54. The zero-order chi connectivity index (χ0) is 19.4. The lowest BCUT2D eigenvalue weighted by Crippen LogP contribution is -2.46. The van der Waals surface area contributed by atoms with E-state index in [1.54, 1.807) is 0 Å². The Kier molecular flexibility index (Phi) is 10.9. The zero-order valence-corrected chi connectivity index (χ0v) is 13.1. The minimum Gasteiger partial charge on any atom is -0.473 e. The smallest absolute Gasteiger partial charge is 0.414 e. The zero-order valence-electron chi connectivity index (χ0n) is 13.1. The summed E-state index contributed by atoms with van der Waals surface area (Å²) < 4.78 is 0. The van der Waals surface area contributed by atoms with Crippen molar-refractivity contribution in [2.75, 3.05) is 13.2 Å². The van der Waals surface area contributed by atoms with Crippen LogP contribution < -0.4 is 5.32 Å². The van der Waals surface area contributed by atoms with E-state index in [1.807, 2.05) is 30.3 Å². The molecule has 10 heteroatoms. The molecule has 0 aliphatic heterocycles. The number of rotatable bonds is 8. The van der Waals surface area contributed by atoms with Crippen molar-refractivity contribution in [2.24, 2.45) is 0 Å². The summed E-state index contributed by atoms with van der Waals surface area (Å²) in [4.78, 5) is 29.7. The van der Waals surface area contributed by atoms with Crippen molar-refractivity contribution in [1.29, 1.82) is 0 Å². The second-order valence-electron chi connectivity index (χ2n) is 4.85. The topological polar surface area (TPSA) is 185 Å². The first-order valence-electron chi connectivity index (χ1n) is 7.09. The molecule has 3 atom stereocenters. The van der Waals surface area contributed by atoms with Crippen molar-refractivity contribution in [3.05, 3.63) is 35.9 Å². The molecule has 0 aromatic heterocycles. The van der Waals surface area contributed by atoms with E-state index < -0.39 is 42.6 Å². The lowest BCUT2D eigenvalue weighted by molar-refractivity contribution is -0.159. The second kappa shape index (κ2) is 12.1. The Bertz CT molecular complexity index is 537. The quantitative estimate of drug-likeness (QED) is 0.246. The summed E-state index contributed by atoms with van der Waals surface area (Å²) in [7, 11) is 0. The van der Waals surface area contributed by atoms with E-state index in [-0.39, 0.29) is 6.54 Å². The van der Waals surface area contributed by atoms with Gasteiger partial charge < -0.3 is 36.0 Å². The highest BCUT2D eigenvalue weighted by Crippen LogP contribution is 2.02. The summed E-state index contributed by atoms with van der Waals surface area (Å²) >= 11 is 0. The average molecular weight is 359 g/mol. The molecule has 7 N–H and O–H groups in total. The fourth-order valence-electron chi connectivity index (χ4n) is 1.54. The van der Waals surface area contributed by atoms with Crippen LogP contribution in [0.4, 0.5) is 0 Å². The Balaban J connectivity index is 0.000000823. The summed E-state index contributed by atoms with van der Waals surface area (Å²) in [5.74, 6) is -4.29. The van der Waals surface area contributed by atoms with Gasteiger partial charge in [-0.2, -0.15) is 0 Å². The maximum absolute atomic E-state index is 11.5. The molecule has 1 aromatic carbocycles. The van der Waals surface area contributed by atoms with Gasteiger partial charge in [-0.1, -0.05) is 30.3 Å². The van der Waals surface area contributed by atoms with Gasteiger partial charge in [0.25, 0.3) is 0 Å². The third-order valence-corrected chi connectivity index (χ3v) is 2.89. The number of carboxylic acids is 2. The van der Waals surface area contributed by atoms with Gasteiger partial charge in [0.1, 0.15) is 18.3 Å². The predicted octanol–water partition coefficient (Wildman–Crippen LogP) is -2.42. The molecule has 25 heavy (non-hydrogen) atoms. The highest BCUT2D eigenvalue weighted by atomic mass is 16.4. The number of hydrogen-bond donors (Lipinski definition) is 7. The number of carbonyl (C=O) groups excluding carboxylic acids is 1. The number of hydrogen-bond acceptors (Lipinski definition) is 8. The van der Waals surface area contributed by atoms with Gasteiger partial charge in [0.05, 0.1) is 13.2 Å². The number of nitrogens with one attached hydrogen (secondary N) is 1. The van der Waals surface area contributed by atoms with Gasteiger partial charge in [-0.3, -0.25) is 4.79 Å². The monoisotopic (exact) mass is 359 g/mol. The van der Waals surface area contributed by atoms with Crippen LogP contribution in [0.2, 0.25) is 0 Å². The molecule has 0 heterocycles. The van der Waals surface area contributed by atoms with Gasteiger partial charge in [0.2, 0.25) is 0 Å². The highest BCUT2D eigenvalue weighted by molar-refractivity contribution is 6.27. The Morgan fingerprint density at radius 1 is 0.960 bits per heavy atom. The molecule has 0 radical (unpaired) electrons. The summed E-state index contributed by atoms with van der Waals surface area (Å²) in [5, 5.41) is 54.2. The van der Waals surface area contributed by atoms with Crippen molar-refractivity contribution < 1.29 is 45.0 Å². The third-order valence-electron chi connectivity index (χ3n) is 2.89. The number of aliphatic hydroxyl groups is 4. The van der Waals surface area contributed by atoms with Crippen molar-refractivity contribution in [2.45, 2.75) is 24.9 Å². The van der Waals surface area contributed by atoms with E-state index in [0.29, 0.717) is 6.54 Å². The normalized spacial score (nSPS) is 13.8. The average Bonchev–Trinajstić information content (AvgIpc) is 2.60. The molecule has 1 rings (SSSR count). The lowest BCUT2D eigenvalue weighted by Gasteiger charge is -2.20. The SMILES string of the molecule is O=C(CNCc1ccccc1)[C@@H](O)[C@H](O)[C@H](O)CO.O=C(O)C(=O)O. The predicted molar refractivity (Wildman–Crippen MR) is 83.5 cm³/mol. The van der Waals surface area contributed by atoms with E-state index in [0.717, 1.165) is 5.56 Å². The summed E-state index contributed by atoms with van der Waals surface area (Å²) in [6.45, 7) is -0.397. The number of carbonyl (C=O) groups is 3. The molecule has 0 aliphatic carbocycles. The van der Waals surface area contributed by atoms with Crippen LogP contribution in [-0.2, 0) is 20.9 Å². The van der Waals surface area contributed by atoms with Crippen molar-refractivity contribution in [1.82, 2.24) is 5.32 Å². The molecule has 1 aromatic rings. The molecule has 0 saturated carbocycles. The molecule has 10 nitrogen and oxygen atoms in total. The van der Waals surface area contributed by atoms with E-state index in [4.69, 9.17) is 30.0 Å². The Labute approximate surface area is 143 Å². The molecule has 0 amide bonds. The van der Waals surface area contributed by atoms with Crippen LogP contribution in [0.15, 0.2) is 30.3 Å². The highest BCUT2D eigenvalue weighted by Gasteiger charge is 2.29. The van der Waals surface area contributed by atoms with Crippen LogP contribution in [0.25, 0.3) is 0 Å². The van der Waals surface area contributed by atoms with Gasteiger partial charge in [-0.15, -0.1) is 0 Å². The van der Waals surface area contributed by atoms with Gasteiger partial charge in [-0.25, -0.2) is 9.59 Å². The van der Waals surface area contributed by atoms with Gasteiger partial charge in [0.15, 0.2) is 5.78 Å². The van der Waals surface area contributed by atoms with Gasteiger partial charge >= 0.3 is 11.9 Å². The van der Waals surface area contributed by atoms with Crippen LogP contribution in [0.3, 0.4) is 0 Å². The number of aliphatic carboxylic acids is 2. The lowest BCUT2D eigenvalue weighted by atomic mass is 10.0. The summed E-state index contributed by atoms with van der Waals surface area (Å²) in [6, 6.07) is 9.39. The minimum absolute atomic E-state index is 0.134. The first kappa shape index (κ1) is 22.6. The Morgan fingerprint density at radius 2 is 1.48 bits per heavy atom. The first-order valence-corrected chi connectivity index (χ1v) is 7.09. The van der Waals surface area contributed by atoms with Crippen LogP contribution in [-0.4, -0.2) is 79.8 Å². The van der Waals surface area contributed by atoms with Gasteiger partial charge in [0, 0.05) is 6.54 Å². The van der Waals surface area contributed by atoms with Gasteiger partial charge in [-0.05, 0) is 5.56 Å². The number of ketones is 1. The van der Waals surface area contributed by atoms with Crippen molar-refractivity contribution >= 4 is 17.7 Å². The number of Topliss-reactive ketones (excluding diaryl/α,β-unsaturated/α-hetero) is 1. The third kappa shape index (κ3) is 9.49. The molecule has 0 aliphatic rings. The Morgan fingerprint density at radius 3 is 1.92 bits per heavy atom. The standard InChI is InChI=1S/C13H19NO5.C2H2O4/c15-8-11(17)13(19)12(18)10(16)7-14-6-9-4-2-1-3-5-9;3-1(4)2(5)6/h1-5,11-15,17-19H,6-8H2;(H,3,4)(H,5,6)/t11-,12-,13-;/m1./s1. The van der Waals surface area contributed by atoms with Crippen molar-refractivity contribution in [3.8, 4) is 0 Å². The number of aliphatic hydroxyl groups excluding tert-OH is 4. The molecular weight excluding hydrogens is 338 g/mol. The molecule has 0 fully saturated rings. The first-order chi connectivity index (χ1) is 11.7. The number of benzene rings is 1. The van der Waals surface area contributed by atoms with Crippen LogP contribution in [0, 0.1) is 0 Å². The van der Waals surface area contributed by atoms with E-state index in [2.05, 4.69) is 5.32 Å². The fraction of sp³-hybridized carbons (Fsp3) is 0.400. The van der Waals surface area contributed by atoms with E-state index in [9.17, 15) is 15.0 Å². The molecule has 0 bridgehead atoms. The second-order valence-corrected chi connectivity index (χ2v) is 4.85. The maximum atomic E-state index is 11.5. The molecule has 140 valence electrons. The molecular formula is C15H21NO9. The van der Waals surface area contributed by atoms with Crippen LogP contribution >= 0.6 is 0 Å². The largest absolute Gasteiger partial charge is 0.473 e. The number of carboxylic acid groups (broad SMARTS) is 2. The van der Waals surface area contributed by atoms with E-state index in [1.165, 1.54) is 0 Å². The van der Waals surface area contributed by atoms with Crippen LogP contribution in [0.5, 0.6) is 0 Å². The van der Waals surface area contributed by atoms with Crippen molar-refractivity contribution in [3.63, 3.8) is 0 Å². The molecule has 0 unspecified atom stereocenters. The Hall–Kier alpha value is -2.37. The van der Waals surface area contributed by atoms with Crippen LogP contribution in [0.1, 0.15) is 5.56 Å².